The van der Waals surface area contributed by atoms with Crippen LogP contribution in [0.15, 0.2) is 48.8 Å². The van der Waals surface area contributed by atoms with E-state index in [9.17, 15) is 4.79 Å². The minimum Gasteiger partial charge on any atom is -0.336 e. The Labute approximate surface area is 167 Å². The van der Waals surface area contributed by atoms with Gasteiger partial charge in [-0.3, -0.25) is 14.4 Å². The van der Waals surface area contributed by atoms with Crippen LogP contribution >= 0.6 is 22.9 Å². The number of rotatable bonds is 4. The summed E-state index contributed by atoms with van der Waals surface area (Å²) in [6.45, 7) is 4.19. The first kappa shape index (κ1) is 18.2. The van der Waals surface area contributed by atoms with Crippen LogP contribution in [0.4, 0.5) is 0 Å². The minimum atomic E-state index is 0.0714. The molecule has 0 saturated carbocycles. The van der Waals surface area contributed by atoms with Crippen molar-refractivity contribution in [2.24, 2.45) is 7.05 Å². The van der Waals surface area contributed by atoms with Gasteiger partial charge in [0.05, 0.1) is 11.8 Å². The number of thiophene rings is 1. The number of halogens is 1. The van der Waals surface area contributed by atoms with Gasteiger partial charge in [0, 0.05) is 60.7 Å². The first-order valence-electron chi connectivity index (χ1n) is 8.93. The number of aryl methyl sites for hydroxylation is 1. The van der Waals surface area contributed by atoms with Gasteiger partial charge >= 0.3 is 0 Å². The van der Waals surface area contributed by atoms with Crippen LogP contribution < -0.4 is 0 Å². The van der Waals surface area contributed by atoms with Gasteiger partial charge in [-0.1, -0.05) is 23.7 Å². The molecule has 0 bridgehead atoms. The van der Waals surface area contributed by atoms with Crippen LogP contribution in [-0.2, 0) is 13.6 Å². The molecule has 140 valence electrons. The molecule has 0 N–H and O–H groups in total. The van der Waals surface area contributed by atoms with Gasteiger partial charge in [0.15, 0.2) is 0 Å². The monoisotopic (exact) mass is 400 g/mol. The number of carbonyl (C=O) groups is 1. The smallest absolute Gasteiger partial charge is 0.257 e. The molecule has 0 unspecified atom stereocenters. The minimum absolute atomic E-state index is 0.0714. The van der Waals surface area contributed by atoms with Crippen LogP contribution in [0.2, 0.25) is 5.02 Å². The second-order valence-electron chi connectivity index (χ2n) is 6.75. The Hall–Kier alpha value is -2.15. The Morgan fingerprint density at radius 3 is 2.70 bits per heavy atom. The van der Waals surface area contributed by atoms with Crippen LogP contribution in [0.5, 0.6) is 0 Å². The number of piperazine rings is 1. The molecule has 7 heteroatoms. The van der Waals surface area contributed by atoms with E-state index in [1.807, 2.05) is 30.1 Å². The molecule has 0 spiro atoms. The second-order valence-corrected chi connectivity index (χ2v) is 8.35. The van der Waals surface area contributed by atoms with Crippen molar-refractivity contribution in [2.45, 2.75) is 6.54 Å². The average Bonchev–Trinajstić information content (AvgIpc) is 3.31. The van der Waals surface area contributed by atoms with Gasteiger partial charge in [-0.15, -0.1) is 11.3 Å². The average molecular weight is 401 g/mol. The summed E-state index contributed by atoms with van der Waals surface area (Å²) >= 11 is 7.90. The molecule has 4 rings (SSSR count). The van der Waals surface area contributed by atoms with Crippen LogP contribution in [0.1, 0.15) is 15.2 Å². The first-order chi connectivity index (χ1) is 13.1. The third-order valence-corrected chi connectivity index (χ3v) is 6.12. The van der Waals surface area contributed by atoms with Gasteiger partial charge in [0.1, 0.15) is 0 Å². The third-order valence-electron chi connectivity index (χ3n) is 4.76. The Bertz CT molecular complexity index is 943. The van der Waals surface area contributed by atoms with E-state index >= 15 is 0 Å². The fourth-order valence-electron chi connectivity index (χ4n) is 3.30. The van der Waals surface area contributed by atoms with E-state index in [1.54, 1.807) is 28.4 Å². The fourth-order valence-corrected chi connectivity index (χ4v) is 4.54. The summed E-state index contributed by atoms with van der Waals surface area (Å²) in [5.41, 5.74) is 1.82. The summed E-state index contributed by atoms with van der Waals surface area (Å²) in [4.78, 5) is 19.4. The maximum atomic E-state index is 12.5. The zero-order valence-electron chi connectivity index (χ0n) is 15.1. The van der Waals surface area contributed by atoms with Crippen molar-refractivity contribution < 1.29 is 4.79 Å². The molecule has 2 aromatic heterocycles. The predicted octanol–water partition coefficient (Wildman–Crippen LogP) is 3.76. The molecule has 3 aromatic rings. The number of nitrogens with zero attached hydrogens (tertiary/aromatic N) is 4. The van der Waals surface area contributed by atoms with E-state index in [0.29, 0.717) is 5.56 Å². The van der Waals surface area contributed by atoms with E-state index < -0.39 is 0 Å². The Morgan fingerprint density at radius 2 is 2.00 bits per heavy atom. The molecule has 3 heterocycles. The summed E-state index contributed by atoms with van der Waals surface area (Å²) in [6, 6.07) is 12.3. The summed E-state index contributed by atoms with van der Waals surface area (Å²) in [5.74, 6) is 0.0714. The molecule has 1 fully saturated rings. The van der Waals surface area contributed by atoms with Crippen molar-refractivity contribution in [1.29, 1.82) is 0 Å². The SMILES string of the molecule is Cn1cc(C(=O)N2CCN(Cc3ccc(-c4cccc(Cl)c4)s3)CC2)cn1. The van der Waals surface area contributed by atoms with Gasteiger partial charge in [0.2, 0.25) is 0 Å². The first-order valence-corrected chi connectivity index (χ1v) is 10.1. The Balaban J connectivity index is 1.34. The van der Waals surface area contributed by atoms with Crippen molar-refractivity contribution in [2.75, 3.05) is 26.2 Å². The Kier molecular flexibility index (Phi) is 5.29. The number of amides is 1. The van der Waals surface area contributed by atoms with E-state index in [0.717, 1.165) is 43.3 Å². The maximum absolute atomic E-state index is 12.5. The number of carbonyl (C=O) groups excluding carboxylic acids is 1. The highest BCUT2D eigenvalue weighted by Crippen LogP contribution is 2.30. The van der Waals surface area contributed by atoms with Gasteiger partial charge in [-0.25, -0.2) is 0 Å². The molecule has 1 aliphatic rings. The fraction of sp³-hybridized carbons (Fsp3) is 0.300. The van der Waals surface area contributed by atoms with E-state index in [1.165, 1.54) is 9.75 Å². The molecule has 0 atom stereocenters. The highest BCUT2D eigenvalue weighted by molar-refractivity contribution is 7.15. The molecule has 1 saturated heterocycles. The van der Waals surface area contributed by atoms with E-state index in [2.05, 4.69) is 28.2 Å². The molecule has 1 amide bonds. The molecule has 1 aromatic carbocycles. The maximum Gasteiger partial charge on any atom is 0.257 e. The Morgan fingerprint density at radius 1 is 1.19 bits per heavy atom. The van der Waals surface area contributed by atoms with Gasteiger partial charge < -0.3 is 4.90 Å². The number of hydrogen-bond donors (Lipinski definition) is 0. The molecule has 0 radical (unpaired) electrons. The van der Waals surface area contributed by atoms with Gasteiger partial charge in [0.25, 0.3) is 5.91 Å². The van der Waals surface area contributed by atoms with Gasteiger partial charge in [-0.2, -0.15) is 5.10 Å². The summed E-state index contributed by atoms with van der Waals surface area (Å²) in [7, 11) is 1.83. The molecule has 5 nitrogen and oxygen atoms in total. The van der Waals surface area contributed by atoms with Crippen LogP contribution in [0.25, 0.3) is 10.4 Å². The number of benzene rings is 1. The zero-order chi connectivity index (χ0) is 18.8. The lowest BCUT2D eigenvalue weighted by Gasteiger charge is -2.34. The summed E-state index contributed by atoms with van der Waals surface area (Å²) in [5, 5.41) is 4.85. The third kappa shape index (κ3) is 4.24. The lowest BCUT2D eigenvalue weighted by atomic mass is 10.2. The lowest BCUT2D eigenvalue weighted by molar-refractivity contribution is 0.0629. The second kappa shape index (κ2) is 7.84. The quantitative estimate of drug-likeness (QED) is 0.669. The largest absolute Gasteiger partial charge is 0.336 e. The van der Waals surface area contributed by atoms with Crippen LogP contribution in [0, 0.1) is 0 Å². The van der Waals surface area contributed by atoms with Crippen LogP contribution in [0.3, 0.4) is 0 Å². The van der Waals surface area contributed by atoms with Crippen molar-refractivity contribution in [3.8, 4) is 10.4 Å². The number of aromatic nitrogens is 2. The normalized spacial score (nSPS) is 15.3. The van der Waals surface area contributed by atoms with E-state index in [-0.39, 0.29) is 5.91 Å². The zero-order valence-corrected chi connectivity index (χ0v) is 16.7. The van der Waals surface area contributed by atoms with Crippen LogP contribution in [-0.4, -0.2) is 51.7 Å². The molecular formula is C20H21ClN4OS. The molecule has 0 aliphatic carbocycles. The highest BCUT2D eigenvalue weighted by atomic mass is 35.5. The lowest BCUT2D eigenvalue weighted by Crippen LogP contribution is -2.48. The summed E-state index contributed by atoms with van der Waals surface area (Å²) < 4.78 is 1.66. The van der Waals surface area contributed by atoms with E-state index in [4.69, 9.17) is 11.6 Å². The summed E-state index contributed by atoms with van der Waals surface area (Å²) in [6.07, 6.45) is 3.41. The number of hydrogen-bond acceptors (Lipinski definition) is 4. The van der Waals surface area contributed by atoms with Crippen molar-refractivity contribution in [3.63, 3.8) is 0 Å². The molecule has 1 aliphatic heterocycles. The topological polar surface area (TPSA) is 41.4 Å². The molecular weight excluding hydrogens is 380 g/mol. The standard InChI is InChI=1S/C20H21ClN4OS/c1-23-13-16(12-22-23)20(26)25-9-7-24(8-10-25)14-18-5-6-19(27-18)15-3-2-4-17(21)11-15/h2-6,11-13H,7-10,14H2,1H3. The molecule has 27 heavy (non-hydrogen) atoms. The van der Waals surface area contributed by atoms with Crippen molar-refractivity contribution >= 4 is 28.8 Å². The van der Waals surface area contributed by atoms with Gasteiger partial charge in [-0.05, 0) is 29.8 Å². The van der Waals surface area contributed by atoms with Crippen molar-refractivity contribution in [1.82, 2.24) is 19.6 Å². The van der Waals surface area contributed by atoms with Crippen molar-refractivity contribution in [3.05, 3.63) is 64.3 Å². The predicted molar refractivity (Wildman–Crippen MR) is 109 cm³/mol. The highest BCUT2D eigenvalue weighted by Gasteiger charge is 2.23.